The van der Waals surface area contributed by atoms with Crippen molar-refractivity contribution in [2.75, 3.05) is 0 Å². The largest absolute Gasteiger partial charge is 0.449 e. The number of halogens is 1. The summed E-state index contributed by atoms with van der Waals surface area (Å²) in [5.74, 6) is -0.697. The normalized spacial score (nSPS) is 10.9. The minimum Gasteiger partial charge on any atom is -0.449 e. The summed E-state index contributed by atoms with van der Waals surface area (Å²) in [7, 11) is 0. The standard InChI is InChI=1S/C12H6FNO2S/c13-8-3-1-2-7-4-10(16-12(7)8)11(15)9-5-17-6-14-9/h1-6H. The number of thiazole rings is 1. The number of aromatic nitrogens is 1. The first kappa shape index (κ1) is 10.2. The number of fused-ring (bicyclic) bond motifs is 1. The molecule has 2 aromatic heterocycles. The Morgan fingerprint density at radius 1 is 1.41 bits per heavy atom. The number of carbonyl (C=O) groups excluding carboxylic acids is 1. The highest BCUT2D eigenvalue weighted by Gasteiger charge is 2.17. The number of hydrogen-bond donors (Lipinski definition) is 0. The second-order valence-electron chi connectivity index (χ2n) is 3.47. The summed E-state index contributed by atoms with van der Waals surface area (Å²) in [6.07, 6.45) is 0. The van der Waals surface area contributed by atoms with E-state index in [1.807, 2.05) is 0 Å². The van der Waals surface area contributed by atoms with Gasteiger partial charge >= 0.3 is 0 Å². The second-order valence-corrected chi connectivity index (χ2v) is 4.19. The number of nitrogens with zero attached hydrogens (tertiary/aromatic N) is 1. The molecule has 0 aliphatic heterocycles. The zero-order valence-electron chi connectivity index (χ0n) is 8.51. The molecule has 0 saturated carbocycles. The van der Waals surface area contributed by atoms with E-state index < -0.39 is 5.82 Å². The predicted octanol–water partition coefficient (Wildman–Crippen LogP) is 3.26. The zero-order valence-corrected chi connectivity index (χ0v) is 9.33. The second kappa shape index (κ2) is 3.78. The lowest BCUT2D eigenvalue weighted by Gasteiger charge is -1.90. The minimum atomic E-state index is -0.472. The molecular formula is C12H6FNO2S. The molecule has 1 aromatic carbocycles. The van der Waals surface area contributed by atoms with Crippen molar-refractivity contribution in [1.82, 2.24) is 4.98 Å². The Morgan fingerprint density at radius 2 is 2.29 bits per heavy atom. The molecule has 0 spiro atoms. The summed E-state index contributed by atoms with van der Waals surface area (Å²) >= 11 is 1.32. The fourth-order valence-electron chi connectivity index (χ4n) is 1.59. The molecule has 0 fully saturated rings. The lowest BCUT2D eigenvalue weighted by Crippen LogP contribution is -1.98. The highest BCUT2D eigenvalue weighted by molar-refractivity contribution is 7.07. The van der Waals surface area contributed by atoms with Crippen molar-refractivity contribution in [2.24, 2.45) is 0 Å². The number of para-hydroxylation sites is 1. The fourth-order valence-corrected chi connectivity index (χ4v) is 2.12. The van der Waals surface area contributed by atoms with Gasteiger partial charge in [0.2, 0.25) is 5.78 Å². The van der Waals surface area contributed by atoms with Crippen LogP contribution < -0.4 is 0 Å². The number of hydrogen-bond acceptors (Lipinski definition) is 4. The molecule has 0 amide bonds. The Bertz CT molecular complexity index is 688. The molecule has 0 atom stereocenters. The van der Waals surface area contributed by atoms with E-state index in [-0.39, 0.29) is 17.1 Å². The minimum absolute atomic E-state index is 0.103. The average molecular weight is 247 g/mol. The van der Waals surface area contributed by atoms with Gasteiger partial charge in [-0.1, -0.05) is 12.1 Å². The summed E-state index contributed by atoms with van der Waals surface area (Å²) in [5, 5.41) is 2.20. The van der Waals surface area contributed by atoms with Crippen molar-refractivity contribution < 1.29 is 13.6 Å². The van der Waals surface area contributed by atoms with Gasteiger partial charge in [-0.15, -0.1) is 11.3 Å². The van der Waals surface area contributed by atoms with Gasteiger partial charge in [-0.2, -0.15) is 0 Å². The van der Waals surface area contributed by atoms with Gasteiger partial charge in [-0.25, -0.2) is 9.37 Å². The van der Waals surface area contributed by atoms with Crippen LogP contribution in [0.15, 0.2) is 39.6 Å². The molecule has 17 heavy (non-hydrogen) atoms. The Kier molecular flexibility index (Phi) is 2.26. The van der Waals surface area contributed by atoms with Crippen LogP contribution >= 0.6 is 11.3 Å². The summed E-state index contributed by atoms with van der Waals surface area (Å²) in [5.41, 5.74) is 1.98. The Labute approximate surface area is 99.5 Å². The molecule has 3 nitrogen and oxygen atoms in total. The van der Waals surface area contributed by atoms with Crippen LogP contribution in [0.1, 0.15) is 16.2 Å². The van der Waals surface area contributed by atoms with E-state index in [1.165, 1.54) is 23.5 Å². The van der Waals surface area contributed by atoms with E-state index in [0.717, 1.165) is 0 Å². The van der Waals surface area contributed by atoms with Gasteiger partial charge in [0.05, 0.1) is 5.51 Å². The van der Waals surface area contributed by atoms with Crippen LogP contribution in [0.3, 0.4) is 0 Å². The molecular weight excluding hydrogens is 241 g/mol. The van der Waals surface area contributed by atoms with E-state index in [2.05, 4.69) is 4.98 Å². The molecule has 0 radical (unpaired) electrons. The molecule has 3 aromatic rings. The van der Waals surface area contributed by atoms with Gasteiger partial charge in [0.15, 0.2) is 17.2 Å². The van der Waals surface area contributed by atoms with Gasteiger partial charge in [0.1, 0.15) is 5.69 Å². The number of ketones is 1. The van der Waals surface area contributed by atoms with Crippen molar-refractivity contribution in [3.63, 3.8) is 0 Å². The average Bonchev–Trinajstić information content (AvgIpc) is 2.98. The van der Waals surface area contributed by atoms with Gasteiger partial charge in [0, 0.05) is 10.8 Å². The van der Waals surface area contributed by atoms with E-state index >= 15 is 0 Å². The third-order valence-corrected chi connectivity index (χ3v) is 2.97. The van der Waals surface area contributed by atoms with Crippen molar-refractivity contribution in [3.05, 3.63) is 52.4 Å². The van der Waals surface area contributed by atoms with Crippen molar-refractivity contribution in [2.45, 2.75) is 0 Å². The first-order chi connectivity index (χ1) is 8.25. The van der Waals surface area contributed by atoms with E-state index in [1.54, 1.807) is 23.0 Å². The maximum atomic E-state index is 13.4. The van der Waals surface area contributed by atoms with Crippen LogP contribution in [0.4, 0.5) is 4.39 Å². The molecule has 0 unspecified atom stereocenters. The summed E-state index contributed by atoms with van der Waals surface area (Å²) in [4.78, 5) is 15.8. The van der Waals surface area contributed by atoms with Crippen LogP contribution in [-0.2, 0) is 0 Å². The van der Waals surface area contributed by atoms with Crippen molar-refractivity contribution >= 4 is 28.1 Å². The highest BCUT2D eigenvalue weighted by atomic mass is 32.1. The van der Waals surface area contributed by atoms with Crippen molar-refractivity contribution in [3.8, 4) is 0 Å². The summed E-state index contributed by atoms with van der Waals surface area (Å²) < 4.78 is 18.6. The first-order valence-corrected chi connectivity index (χ1v) is 5.81. The maximum absolute atomic E-state index is 13.4. The molecule has 3 rings (SSSR count). The molecule has 2 heterocycles. The lowest BCUT2D eigenvalue weighted by atomic mass is 10.2. The van der Waals surface area contributed by atoms with Crippen LogP contribution in [0, 0.1) is 5.82 Å². The van der Waals surface area contributed by atoms with E-state index in [4.69, 9.17) is 4.42 Å². The fraction of sp³-hybridized carbons (Fsp3) is 0. The summed E-state index contributed by atoms with van der Waals surface area (Å²) in [6.45, 7) is 0. The van der Waals surface area contributed by atoms with Crippen LogP contribution in [0.2, 0.25) is 0 Å². The first-order valence-electron chi connectivity index (χ1n) is 4.86. The molecule has 0 bridgehead atoms. The quantitative estimate of drug-likeness (QED) is 0.653. The monoisotopic (exact) mass is 247 g/mol. The van der Waals surface area contributed by atoms with Gasteiger partial charge < -0.3 is 4.42 Å². The maximum Gasteiger partial charge on any atom is 0.247 e. The van der Waals surface area contributed by atoms with Gasteiger partial charge in [0.25, 0.3) is 0 Å². The SMILES string of the molecule is O=C(c1cscn1)c1cc2cccc(F)c2o1. The molecule has 0 N–H and O–H groups in total. The third kappa shape index (κ3) is 1.64. The van der Waals surface area contributed by atoms with Gasteiger partial charge in [-0.05, 0) is 12.1 Å². The molecule has 0 aliphatic carbocycles. The zero-order chi connectivity index (χ0) is 11.8. The topological polar surface area (TPSA) is 43.1 Å². The molecule has 84 valence electrons. The molecule has 0 saturated heterocycles. The Hall–Kier alpha value is -2.01. The Morgan fingerprint density at radius 3 is 3.00 bits per heavy atom. The third-order valence-electron chi connectivity index (χ3n) is 2.38. The van der Waals surface area contributed by atoms with Crippen LogP contribution in [0.5, 0.6) is 0 Å². The van der Waals surface area contributed by atoms with E-state index in [0.29, 0.717) is 11.1 Å². The van der Waals surface area contributed by atoms with Crippen LogP contribution in [0.25, 0.3) is 11.0 Å². The molecule has 5 heteroatoms. The van der Waals surface area contributed by atoms with E-state index in [9.17, 15) is 9.18 Å². The van der Waals surface area contributed by atoms with Gasteiger partial charge in [-0.3, -0.25) is 4.79 Å². The number of carbonyl (C=O) groups is 1. The Balaban J connectivity index is 2.13. The smallest absolute Gasteiger partial charge is 0.247 e. The number of rotatable bonds is 2. The van der Waals surface area contributed by atoms with Crippen LogP contribution in [-0.4, -0.2) is 10.8 Å². The lowest BCUT2D eigenvalue weighted by molar-refractivity contribution is 0.101. The molecule has 0 aliphatic rings. The number of benzene rings is 1. The van der Waals surface area contributed by atoms with Crippen molar-refractivity contribution in [1.29, 1.82) is 0 Å². The number of furan rings is 1. The predicted molar refractivity (Wildman–Crippen MR) is 61.7 cm³/mol. The highest BCUT2D eigenvalue weighted by Crippen LogP contribution is 2.23. The summed E-state index contributed by atoms with van der Waals surface area (Å²) in [6, 6.07) is 6.09.